The molecule has 0 amide bonds. The van der Waals surface area contributed by atoms with Gasteiger partial charge in [0.2, 0.25) is 0 Å². The monoisotopic (exact) mass is 205 g/mol. The lowest BCUT2D eigenvalue weighted by molar-refractivity contribution is 1.17. The van der Waals surface area contributed by atoms with Gasteiger partial charge in [0.15, 0.2) is 0 Å². The largest absolute Gasteiger partial charge is 0.260 e. The molecular weight excluding hydrogens is 198 g/mol. The lowest BCUT2D eigenvalue weighted by atomic mass is 10.1. The van der Waals surface area contributed by atoms with Crippen LogP contribution in [-0.4, -0.2) is 9.97 Å². The van der Waals surface area contributed by atoms with Crippen LogP contribution in [-0.2, 0) is 0 Å². The second-order valence-corrected chi connectivity index (χ2v) is 3.00. The van der Waals surface area contributed by atoms with Crippen LogP contribution >= 0.6 is 0 Å². The zero-order valence-corrected chi connectivity index (χ0v) is 8.38. The summed E-state index contributed by atoms with van der Waals surface area (Å²) in [7, 11) is 0. The zero-order valence-electron chi connectivity index (χ0n) is 8.38. The van der Waals surface area contributed by atoms with Crippen molar-refractivity contribution >= 4 is 0 Å². The van der Waals surface area contributed by atoms with Gasteiger partial charge in [0.1, 0.15) is 11.8 Å². The number of rotatable bonds is 0. The molecule has 0 radical (unpaired) electrons. The smallest absolute Gasteiger partial charge is 0.131 e. The van der Waals surface area contributed by atoms with Crippen LogP contribution in [0.4, 0.5) is 0 Å². The Morgan fingerprint density at radius 1 is 1.00 bits per heavy atom. The topological polar surface area (TPSA) is 49.6 Å². The molecule has 0 aliphatic rings. The van der Waals surface area contributed by atoms with Gasteiger partial charge in [0.05, 0.1) is 11.8 Å². The van der Waals surface area contributed by atoms with Crippen LogP contribution in [0.5, 0.6) is 0 Å². The van der Waals surface area contributed by atoms with E-state index in [9.17, 15) is 0 Å². The maximum atomic E-state index is 8.87. The Labute approximate surface area is 93.4 Å². The van der Waals surface area contributed by atoms with Crippen molar-refractivity contribution in [2.45, 2.75) is 0 Å². The Hall–Kier alpha value is -2.65. The van der Waals surface area contributed by atoms with Crippen LogP contribution in [0, 0.1) is 23.2 Å². The molecule has 16 heavy (non-hydrogen) atoms. The normalized spacial score (nSPS) is 8.69. The van der Waals surface area contributed by atoms with Gasteiger partial charge >= 0.3 is 0 Å². The van der Waals surface area contributed by atoms with Gasteiger partial charge in [-0.25, -0.2) is 4.98 Å². The van der Waals surface area contributed by atoms with E-state index in [4.69, 9.17) is 5.26 Å². The molecule has 3 nitrogen and oxygen atoms in total. The minimum atomic E-state index is 0.568. The van der Waals surface area contributed by atoms with E-state index in [1.54, 1.807) is 24.7 Å². The Balaban J connectivity index is 2.36. The molecular formula is C13H7N3. The molecule has 1 aromatic carbocycles. The van der Waals surface area contributed by atoms with Crippen molar-refractivity contribution in [1.29, 1.82) is 5.26 Å². The first kappa shape index (κ1) is 9.89. The molecule has 0 saturated carbocycles. The number of hydrogen-bond donors (Lipinski definition) is 0. The molecule has 3 heteroatoms. The van der Waals surface area contributed by atoms with Gasteiger partial charge in [-0.2, -0.15) is 5.26 Å². The fraction of sp³-hybridized carbons (Fsp3) is 0. The highest BCUT2D eigenvalue weighted by Gasteiger charge is 1.95. The average Bonchev–Trinajstić information content (AvgIpc) is 2.38. The summed E-state index contributed by atoms with van der Waals surface area (Å²) in [5.41, 5.74) is 1.87. The molecule has 0 bridgehead atoms. The molecule has 1 heterocycles. The standard InChI is InChI=1S/C13H7N3/c14-9-12-4-2-1-3-11(12)5-6-13-10-15-7-8-16-13/h1-4,7-8,10H. The number of hydrogen-bond acceptors (Lipinski definition) is 3. The summed E-state index contributed by atoms with van der Waals surface area (Å²) >= 11 is 0. The van der Waals surface area contributed by atoms with Crippen molar-refractivity contribution < 1.29 is 0 Å². The predicted molar refractivity (Wildman–Crippen MR) is 59.2 cm³/mol. The molecule has 1 aromatic heterocycles. The third kappa shape index (κ3) is 2.23. The van der Waals surface area contributed by atoms with E-state index in [1.807, 2.05) is 18.2 Å². The van der Waals surface area contributed by atoms with Crippen LogP contribution in [0.15, 0.2) is 42.9 Å². The Bertz CT molecular complexity index is 586. The quantitative estimate of drug-likeness (QED) is 0.615. The minimum absolute atomic E-state index is 0.568. The van der Waals surface area contributed by atoms with Crippen molar-refractivity contribution in [2.75, 3.05) is 0 Å². The first-order valence-electron chi connectivity index (χ1n) is 4.67. The molecule has 0 atom stereocenters. The first-order chi connectivity index (χ1) is 7.90. The summed E-state index contributed by atoms with van der Waals surface area (Å²) in [6.45, 7) is 0. The van der Waals surface area contributed by atoms with Crippen molar-refractivity contribution in [2.24, 2.45) is 0 Å². The van der Waals surface area contributed by atoms with E-state index < -0.39 is 0 Å². The van der Waals surface area contributed by atoms with Gasteiger partial charge in [-0.15, -0.1) is 0 Å². The SMILES string of the molecule is N#Cc1ccccc1C#Cc1cnccn1. The molecule has 0 fully saturated rings. The molecule has 2 aromatic rings. The minimum Gasteiger partial charge on any atom is -0.260 e. The summed E-state index contributed by atoms with van der Waals surface area (Å²) < 4.78 is 0. The summed E-state index contributed by atoms with van der Waals surface area (Å²) in [6, 6.07) is 9.30. The lowest BCUT2D eigenvalue weighted by Gasteiger charge is -1.92. The maximum Gasteiger partial charge on any atom is 0.131 e. The second kappa shape index (κ2) is 4.72. The molecule has 0 spiro atoms. The molecule has 74 valence electrons. The van der Waals surface area contributed by atoms with Crippen molar-refractivity contribution in [3.63, 3.8) is 0 Å². The Morgan fingerprint density at radius 3 is 2.50 bits per heavy atom. The van der Waals surface area contributed by atoms with Gasteiger partial charge < -0.3 is 0 Å². The molecule has 2 rings (SSSR count). The number of nitriles is 1. The van der Waals surface area contributed by atoms with Crippen LogP contribution in [0.1, 0.15) is 16.8 Å². The van der Waals surface area contributed by atoms with E-state index in [2.05, 4.69) is 27.9 Å². The summed E-state index contributed by atoms with van der Waals surface area (Å²) in [4.78, 5) is 7.94. The van der Waals surface area contributed by atoms with Gasteiger partial charge in [-0.05, 0) is 18.1 Å². The molecule has 0 saturated heterocycles. The summed E-state index contributed by atoms with van der Waals surface area (Å²) in [6.07, 6.45) is 4.76. The van der Waals surface area contributed by atoms with Gasteiger partial charge in [-0.1, -0.05) is 18.1 Å². The predicted octanol–water partition coefficient (Wildman–Crippen LogP) is 1.75. The van der Waals surface area contributed by atoms with Crippen molar-refractivity contribution in [3.05, 3.63) is 59.7 Å². The van der Waals surface area contributed by atoms with Crippen LogP contribution in [0.3, 0.4) is 0 Å². The highest BCUT2D eigenvalue weighted by Crippen LogP contribution is 2.05. The fourth-order valence-corrected chi connectivity index (χ4v) is 1.18. The van der Waals surface area contributed by atoms with Crippen molar-refractivity contribution in [3.8, 4) is 17.9 Å². The molecule has 0 unspecified atom stereocenters. The Kier molecular flexibility index (Phi) is 2.92. The van der Waals surface area contributed by atoms with E-state index >= 15 is 0 Å². The van der Waals surface area contributed by atoms with Crippen molar-refractivity contribution in [1.82, 2.24) is 9.97 Å². The summed E-state index contributed by atoms with van der Waals surface area (Å²) in [5, 5.41) is 8.87. The molecule has 0 aliphatic carbocycles. The van der Waals surface area contributed by atoms with E-state index in [0.29, 0.717) is 16.8 Å². The van der Waals surface area contributed by atoms with Crippen LogP contribution in [0.2, 0.25) is 0 Å². The first-order valence-corrected chi connectivity index (χ1v) is 4.67. The average molecular weight is 205 g/mol. The Morgan fingerprint density at radius 2 is 1.81 bits per heavy atom. The number of aromatic nitrogens is 2. The van der Waals surface area contributed by atoms with Crippen LogP contribution in [0.25, 0.3) is 0 Å². The van der Waals surface area contributed by atoms with E-state index in [0.717, 1.165) is 0 Å². The highest BCUT2D eigenvalue weighted by molar-refractivity contribution is 5.49. The van der Waals surface area contributed by atoms with Gasteiger partial charge in [0.25, 0.3) is 0 Å². The molecule has 0 aliphatic heterocycles. The third-order valence-corrected chi connectivity index (χ3v) is 1.94. The maximum absolute atomic E-state index is 8.87. The lowest BCUT2D eigenvalue weighted by Crippen LogP contribution is -1.84. The summed E-state index contributed by atoms with van der Waals surface area (Å²) in [5.74, 6) is 5.77. The molecule has 0 N–H and O–H groups in total. The fourth-order valence-electron chi connectivity index (χ4n) is 1.18. The van der Waals surface area contributed by atoms with Gasteiger partial charge in [-0.3, -0.25) is 4.98 Å². The van der Waals surface area contributed by atoms with Crippen LogP contribution < -0.4 is 0 Å². The third-order valence-electron chi connectivity index (χ3n) is 1.94. The number of benzene rings is 1. The zero-order chi connectivity index (χ0) is 11.2. The second-order valence-electron chi connectivity index (χ2n) is 3.00. The highest BCUT2D eigenvalue weighted by atomic mass is 14.7. The van der Waals surface area contributed by atoms with Gasteiger partial charge in [0, 0.05) is 18.0 Å². The van der Waals surface area contributed by atoms with E-state index in [-0.39, 0.29) is 0 Å². The number of nitrogens with zero attached hydrogens (tertiary/aromatic N) is 3. The van der Waals surface area contributed by atoms with E-state index in [1.165, 1.54) is 0 Å².